The quantitative estimate of drug-likeness (QED) is 0.626. The summed E-state index contributed by atoms with van der Waals surface area (Å²) in [5.74, 6) is 1.45. The van der Waals surface area contributed by atoms with E-state index in [1.165, 1.54) is 44.9 Å². The van der Waals surface area contributed by atoms with Crippen molar-refractivity contribution in [2.24, 2.45) is 29.4 Å². The molecule has 0 saturated heterocycles. The van der Waals surface area contributed by atoms with Gasteiger partial charge in [0, 0.05) is 6.04 Å². The Hall–Kier alpha value is -0.180. The lowest BCUT2D eigenvalue weighted by atomic mass is 9.73. The number of hydrogen-bond donors (Lipinski definition) is 1. The van der Waals surface area contributed by atoms with Gasteiger partial charge in [-0.1, -0.05) is 39.5 Å². The molecule has 0 heterocycles. The van der Waals surface area contributed by atoms with Crippen molar-refractivity contribution in [3.8, 4) is 0 Å². The maximum Gasteiger partial charge on any atom is 0.134 e. The molecule has 2 aliphatic carbocycles. The van der Waals surface area contributed by atoms with E-state index in [1.807, 2.05) is 6.92 Å². The molecule has 2 aliphatic rings. The molecule has 3 heteroatoms. The van der Waals surface area contributed by atoms with E-state index in [2.05, 4.69) is 6.92 Å². The second kappa shape index (κ2) is 9.34. The average molecular weight is 330 g/mol. The van der Waals surface area contributed by atoms with Crippen LogP contribution >= 0.6 is 0 Å². The van der Waals surface area contributed by atoms with Crippen LogP contribution in [-0.4, -0.2) is 18.4 Å². The molecule has 1 nitrogen and oxygen atoms in total. The van der Waals surface area contributed by atoms with Crippen LogP contribution in [-0.2, 0) is 0 Å². The van der Waals surface area contributed by atoms with Crippen LogP contribution in [0.5, 0.6) is 0 Å². The molecule has 2 saturated carbocycles. The topological polar surface area (TPSA) is 26.0 Å². The molecule has 2 N–H and O–H groups in total. The highest BCUT2D eigenvalue weighted by atomic mass is 19.2. The van der Waals surface area contributed by atoms with Crippen molar-refractivity contribution >= 4 is 0 Å². The Labute approximate surface area is 141 Å². The molecule has 2 rings (SSSR count). The fraction of sp³-hybridized carbons (Fsp3) is 1.00. The maximum atomic E-state index is 14.2. The highest BCUT2D eigenvalue weighted by Gasteiger charge is 2.37. The highest BCUT2D eigenvalue weighted by Crippen LogP contribution is 2.38. The lowest BCUT2D eigenvalue weighted by Crippen LogP contribution is -2.36. The minimum absolute atomic E-state index is 0.0387. The van der Waals surface area contributed by atoms with Gasteiger partial charge < -0.3 is 5.73 Å². The molecule has 0 aromatic rings. The Balaban J connectivity index is 1.75. The Morgan fingerprint density at radius 3 is 2.30 bits per heavy atom. The number of alkyl halides is 2. The first kappa shape index (κ1) is 19.1. The standard InChI is InChI=1S/C20H37F2N/c1-3-5-15(16-10-12-18(23)13-11-16)6-4-7-17-9-8-14(2)19(21)20(17)22/h14-20H,3-13,23H2,1-2H3. The van der Waals surface area contributed by atoms with Crippen molar-refractivity contribution < 1.29 is 8.78 Å². The molecular weight excluding hydrogens is 292 g/mol. The van der Waals surface area contributed by atoms with Crippen molar-refractivity contribution in [2.75, 3.05) is 0 Å². The summed E-state index contributed by atoms with van der Waals surface area (Å²) < 4.78 is 28.0. The Morgan fingerprint density at radius 1 is 0.957 bits per heavy atom. The van der Waals surface area contributed by atoms with Crippen LogP contribution in [0.4, 0.5) is 8.78 Å². The SMILES string of the molecule is CCCC(CCCC1CCC(C)C(F)C1F)C1CCC(N)CC1. The smallest absolute Gasteiger partial charge is 0.134 e. The Bertz CT molecular complexity index is 328. The van der Waals surface area contributed by atoms with Gasteiger partial charge in [0.25, 0.3) is 0 Å². The van der Waals surface area contributed by atoms with Crippen molar-refractivity contribution in [2.45, 2.75) is 103 Å². The first-order valence-corrected chi connectivity index (χ1v) is 10.1. The van der Waals surface area contributed by atoms with Crippen LogP contribution in [0.25, 0.3) is 0 Å². The summed E-state index contributed by atoms with van der Waals surface area (Å²) in [6, 6.07) is 0.409. The summed E-state index contributed by atoms with van der Waals surface area (Å²) in [6.45, 7) is 4.11. The molecule has 2 fully saturated rings. The van der Waals surface area contributed by atoms with Gasteiger partial charge in [-0.25, -0.2) is 8.78 Å². The van der Waals surface area contributed by atoms with Crippen LogP contribution in [0, 0.1) is 23.7 Å². The fourth-order valence-electron chi connectivity index (χ4n) is 4.92. The largest absolute Gasteiger partial charge is 0.328 e. The van der Waals surface area contributed by atoms with Crippen molar-refractivity contribution in [1.29, 1.82) is 0 Å². The van der Waals surface area contributed by atoms with Crippen molar-refractivity contribution in [3.05, 3.63) is 0 Å². The molecule has 0 aromatic carbocycles. The van der Waals surface area contributed by atoms with Gasteiger partial charge in [-0.05, 0) is 68.6 Å². The van der Waals surface area contributed by atoms with Crippen LogP contribution in [0.2, 0.25) is 0 Å². The van der Waals surface area contributed by atoms with Gasteiger partial charge in [-0.15, -0.1) is 0 Å². The van der Waals surface area contributed by atoms with Gasteiger partial charge in [-0.3, -0.25) is 0 Å². The zero-order valence-electron chi connectivity index (χ0n) is 15.2. The maximum absolute atomic E-state index is 14.2. The molecule has 23 heavy (non-hydrogen) atoms. The number of rotatable bonds is 7. The van der Waals surface area contributed by atoms with E-state index >= 15 is 0 Å². The normalized spacial score (nSPS) is 40.0. The van der Waals surface area contributed by atoms with E-state index in [0.29, 0.717) is 6.04 Å². The van der Waals surface area contributed by atoms with Crippen LogP contribution in [0.3, 0.4) is 0 Å². The molecule has 0 amide bonds. The van der Waals surface area contributed by atoms with Crippen molar-refractivity contribution in [3.63, 3.8) is 0 Å². The summed E-state index contributed by atoms with van der Waals surface area (Å²) in [6.07, 6.45) is 9.79. The number of nitrogens with two attached hydrogens (primary N) is 1. The van der Waals surface area contributed by atoms with E-state index in [9.17, 15) is 8.78 Å². The predicted molar refractivity (Wildman–Crippen MR) is 93.9 cm³/mol. The molecule has 5 unspecified atom stereocenters. The van der Waals surface area contributed by atoms with Gasteiger partial charge in [0.05, 0.1) is 0 Å². The molecule has 0 aliphatic heterocycles. The fourth-order valence-corrected chi connectivity index (χ4v) is 4.92. The van der Waals surface area contributed by atoms with E-state index in [4.69, 9.17) is 5.73 Å². The van der Waals surface area contributed by atoms with E-state index in [-0.39, 0.29) is 11.8 Å². The predicted octanol–water partition coefficient (Wildman–Crippen LogP) is 5.81. The molecule has 0 spiro atoms. The molecular formula is C20H37F2N. The van der Waals surface area contributed by atoms with E-state index < -0.39 is 12.3 Å². The third-order valence-corrected chi connectivity index (χ3v) is 6.58. The Morgan fingerprint density at radius 2 is 1.65 bits per heavy atom. The van der Waals surface area contributed by atoms with Crippen LogP contribution in [0.15, 0.2) is 0 Å². The summed E-state index contributed by atoms with van der Waals surface area (Å²) in [4.78, 5) is 0. The van der Waals surface area contributed by atoms with E-state index in [0.717, 1.165) is 37.5 Å². The lowest BCUT2D eigenvalue weighted by molar-refractivity contribution is 0.0244. The first-order chi connectivity index (χ1) is 11.0. The summed E-state index contributed by atoms with van der Waals surface area (Å²) in [7, 11) is 0. The molecule has 0 aromatic heterocycles. The third-order valence-electron chi connectivity index (χ3n) is 6.58. The van der Waals surface area contributed by atoms with Crippen LogP contribution in [0.1, 0.15) is 84.5 Å². The molecule has 136 valence electrons. The second-order valence-corrected chi connectivity index (χ2v) is 8.36. The second-order valence-electron chi connectivity index (χ2n) is 8.36. The molecule has 0 radical (unpaired) electrons. The third kappa shape index (κ3) is 5.41. The number of halogens is 2. The van der Waals surface area contributed by atoms with Crippen LogP contribution < -0.4 is 5.73 Å². The minimum Gasteiger partial charge on any atom is -0.328 e. The highest BCUT2D eigenvalue weighted by molar-refractivity contribution is 4.86. The average Bonchev–Trinajstić information content (AvgIpc) is 2.55. The molecule has 5 atom stereocenters. The monoisotopic (exact) mass is 329 g/mol. The summed E-state index contributed by atoms with van der Waals surface area (Å²) in [5, 5.41) is 0. The zero-order chi connectivity index (χ0) is 16.8. The summed E-state index contributed by atoms with van der Waals surface area (Å²) in [5.41, 5.74) is 6.03. The zero-order valence-corrected chi connectivity index (χ0v) is 15.2. The Kier molecular flexibility index (Phi) is 7.78. The van der Waals surface area contributed by atoms with Gasteiger partial charge >= 0.3 is 0 Å². The lowest BCUT2D eigenvalue weighted by Gasteiger charge is -2.35. The van der Waals surface area contributed by atoms with Gasteiger partial charge in [0.1, 0.15) is 12.3 Å². The van der Waals surface area contributed by atoms with E-state index in [1.54, 1.807) is 0 Å². The first-order valence-electron chi connectivity index (χ1n) is 10.1. The minimum atomic E-state index is -1.24. The summed E-state index contributed by atoms with van der Waals surface area (Å²) >= 11 is 0. The van der Waals surface area contributed by atoms with Crippen molar-refractivity contribution in [1.82, 2.24) is 0 Å². The van der Waals surface area contributed by atoms with Gasteiger partial charge in [-0.2, -0.15) is 0 Å². The number of hydrogen-bond acceptors (Lipinski definition) is 1. The molecule has 0 bridgehead atoms. The van der Waals surface area contributed by atoms with Gasteiger partial charge in [0.15, 0.2) is 0 Å². The van der Waals surface area contributed by atoms with Gasteiger partial charge in [0.2, 0.25) is 0 Å².